The topological polar surface area (TPSA) is 105 Å². The number of carboxylic acid groups (broad SMARTS) is 1. The van der Waals surface area contributed by atoms with Gasteiger partial charge in [-0.25, -0.2) is 9.59 Å². The fraction of sp³-hybridized carbons (Fsp3) is 0.375. The van der Waals surface area contributed by atoms with Crippen molar-refractivity contribution >= 4 is 18.0 Å². The van der Waals surface area contributed by atoms with Gasteiger partial charge in [0.25, 0.3) is 0 Å². The summed E-state index contributed by atoms with van der Waals surface area (Å²) < 4.78 is 5.48. The summed E-state index contributed by atoms with van der Waals surface area (Å²) in [6, 6.07) is 15.6. The number of aliphatic carboxylic acids is 1. The lowest BCUT2D eigenvalue weighted by molar-refractivity contribution is -0.147. The summed E-state index contributed by atoms with van der Waals surface area (Å²) in [5, 5.41) is 14.4. The zero-order valence-electron chi connectivity index (χ0n) is 18.0. The number of carboxylic acids is 1. The molecule has 2 amide bonds. The molecule has 0 fully saturated rings. The van der Waals surface area contributed by atoms with E-state index in [4.69, 9.17) is 4.74 Å². The third-order valence-electron chi connectivity index (χ3n) is 5.79. The Balaban J connectivity index is 1.55. The number of alkyl carbamates (subject to hydrolysis) is 1. The van der Waals surface area contributed by atoms with Crippen molar-refractivity contribution in [3.05, 3.63) is 59.7 Å². The first-order chi connectivity index (χ1) is 14.7. The van der Waals surface area contributed by atoms with Crippen LogP contribution in [0.5, 0.6) is 0 Å². The average Bonchev–Trinajstić information content (AvgIpc) is 3.05. The standard InChI is InChI=1S/C24H28N2O5/c1-4-24(3,22(28)29)26-21(27)13-15(2)25-23(30)31-14-20-18-11-7-5-9-16(18)17-10-6-8-12-19(17)20/h5-12,15,20H,4,13-14H2,1-3H3,(H,25,30)(H,26,27)(H,28,29)/t15-,24?/m1/s1. The second-order valence-electron chi connectivity index (χ2n) is 8.11. The molecule has 3 rings (SSSR count). The third-order valence-corrected chi connectivity index (χ3v) is 5.79. The number of fused-ring (bicyclic) bond motifs is 3. The molecule has 1 aliphatic carbocycles. The van der Waals surface area contributed by atoms with Gasteiger partial charge in [0.15, 0.2) is 0 Å². The molecule has 164 valence electrons. The number of carbonyl (C=O) groups excluding carboxylic acids is 2. The Morgan fingerprint density at radius 2 is 1.61 bits per heavy atom. The van der Waals surface area contributed by atoms with Gasteiger partial charge in [-0.3, -0.25) is 4.79 Å². The lowest BCUT2D eigenvalue weighted by Gasteiger charge is -2.25. The number of hydrogen-bond acceptors (Lipinski definition) is 4. The molecule has 0 saturated carbocycles. The SMILES string of the molecule is CCC(C)(NC(=O)C[C@@H](C)NC(=O)OCC1c2ccccc2-c2ccccc21)C(=O)O. The zero-order valence-corrected chi connectivity index (χ0v) is 18.0. The first kappa shape index (κ1) is 22.3. The molecule has 0 bridgehead atoms. The Hall–Kier alpha value is -3.35. The molecule has 0 spiro atoms. The molecule has 31 heavy (non-hydrogen) atoms. The molecule has 1 aliphatic rings. The average molecular weight is 424 g/mol. The summed E-state index contributed by atoms with van der Waals surface area (Å²) in [6.07, 6.45) is -0.409. The van der Waals surface area contributed by atoms with E-state index in [-0.39, 0.29) is 25.4 Å². The Labute approximate surface area is 181 Å². The van der Waals surface area contributed by atoms with E-state index in [2.05, 4.69) is 22.8 Å². The smallest absolute Gasteiger partial charge is 0.407 e. The number of carbonyl (C=O) groups is 3. The highest BCUT2D eigenvalue weighted by atomic mass is 16.5. The van der Waals surface area contributed by atoms with Crippen LogP contribution in [0.15, 0.2) is 48.5 Å². The minimum Gasteiger partial charge on any atom is -0.480 e. The van der Waals surface area contributed by atoms with Gasteiger partial charge in [-0.15, -0.1) is 0 Å². The van der Waals surface area contributed by atoms with Crippen molar-refractivity contribution < 1.29 is 24.2 Å². The molecule has 1 unspecified atom stereocenters. The molecule has 0 saturated heterocycles. The molecule has 0 heterocycles. The van der Waals surface area contributed by atoms with Crippen LogP contribution < -0.4 is 10.6 Å². The van der Waals surface area contributed by atoms with Gasteiger partial charge in [-0.05, 0) is 42.5 Å². The maximum absolute atomic E-state index is 12.3. The largest absolute Gasteiger partial charge is 0.480 e. The van der Waals surface area contributed by atoms with Crippen LogP contribution in [0.1, 0.15) is 50.7 Å². The zero-order chi connectivity index (χ0) is 22.6. The molecule has 0 aromatic heterocycles. The van der Waals surface area contributed by atoms with Gasteiger partial charge in [0, 0.05) is 18.4 Å². The van der Waals surface area contributed by atoms with E-state index in [0.29, 0.717) is 0 Å². The highest BCUT2D eigenvalue weighted by Crippen LogP contribution is 2.44. The fourth-order valence-electron chi connectivity index (χ4n) is 3.82. The van der Waals surface area contributed by atoms with Gasteiger partial charge in [-0.2, -0.15) is 0 Å². The highest BCUT2D eigenvalue weighted by molar-refractivity contribution is 5.87. The Morgan fingerprint density at radius 1 is 1.06 bits per heavy atom. The first-order valence-electron chi connectivity index (χ1n) is 10.4. The maximum atomic E-state index is 12.3. The summed E-state index contributed by atoms with van der Waals surface area (Å²) in [5.74, 6) is -1.59. The van der Waals surface area contributed by atoms with Gasteiger partial charge in [0.2, 0.25) is 5.91 Å². The molecular formula is C24H28N2O5. The van der Waals surface area contributed by atoms with Crippen LogP contribution in [0, 0.1) is 0 Å². The van der Waals surface area contributed by atoms with Crippen LogP contribution in [-0.2, 0) is 14.3 Å². The van der Waals surface area contributed by atoms with Crippen molar-refractivity contribution in [2.75, 3.05) is 6.61 Å². The van der Waals surface area contributed by atoms with Crippen molar-refractivity contribution in [2.45, 2.75) is 51.1 Å². The minimum absolute atomic E-state index is 0.0439. The number of amides is 2. The summed E-state index contributed by atoms with van der Waals surface area (Å²) in [7, 11) is 0. The van der Waals surface area contributed by atoms with E-state index < -0.39 is 29.6 Å². The molecule has 7 heteroatoms. The predicted octanol–water partition coefficient (Wildman–Crippen LogP) is 3.67. The van der Waals surface area contributed by atoms with E-state index in [9.17, 15) is 19.5 Å². The quantitative estimate of drug-likeness (QED) is 0.600. The Morgan fingerprint density at radius 3 is 2.13 bits per heavy atom. The van der Waals surface area contributed by atoms with Crippen molar-refractivity contribution in [3.63, 3.8) is 0 Å². The van der Waals surface area contributed by atoms with Gasteiger partial charge in [0.1, 0.15) is 12.1 Å². The van der Waals surface area contributed by atoms with Gasteiger partial charge in [-0.1, -0.05) is 55.5 Å². The molecule has 2 aromatic rings. The fourth-order valence-corrected chi connectivity index (χ4v) is 3.82. The molecule has 2 aromatic carbocycles. The molecule has 0 aliphatic heterocycles. The lowest BCUT2D eigenvalue weighted by Crippen LogP contribution is -2.52. The maximum Gasteiger partial charge on any atom is 0.407 e. The normalized spacial score (nSPS) is 15.2. The Bertz CT molecular complexity index is 944. The van der Waals surface area contributed by atoms with E-state index in [1.54, 1.807) is 13.8 Å². The minimum atomic E-state index is -1.33. The number of benzene rings is 2. The van der Waals surface area contributed by atoms with Crippen LogP contribution >= 0.6 is 0 Å². The molecule has 0 radical (unpaired) electrons. The number of hydrogen-bond donors (Lipinski definition) is 3. The van der Waals surface area contributed by atoms with Crippen LogP contribution in [-0.4, -0.2) is 41.3 Å². The van der Waals surface area contributed by atoms with Crippen molar-refractivity contribution in [1.29, 1.82) is 0 Å². The second-order valence-corrected chi connectivity index (χ2v) is 8.11. The summed E-state index contributed by atoms with van der Waals surface area (Å²) in [6.45, 7) is 5.00. The summed E-state index contributed by atoms with van der Waals surface area (Å²) in [5.41, 5.74) is 3.21. The molecule has 3 N–H and O–H groups in total. The number of nitrogens with one attached hydrogen (secondary N) is 2. The van der Waals surface area contributed by atoms with Crippen LogP contribution in [0.3, 0.4) is 0 Å². The molecular weight excluding hydrogens is 396 g/mol. The summed E-state index contributed by atoms with van der Waals surface area (Å²) >= 11 is 0. The van der Waals surface area contributed by atoms with Crippen LogP contribution in [0.2, 0.25) is 0 Å². The van der Waals surface area contributed by atoms with Gasteiger partial charge < -0.3 is 20.5 Å². The molecule has 2 atom stereocenters. The number of rotatable bonds is 8. The van der Waals surface area contributed by atoms with Gasteiger partial charge >= 0.3 is 12.1 Å². The van der Waals surface area contributed by atoms with E-state index in [0.717, 1.165) is 22.3 Å². The third kappa shape index (κ3) is 4.87. The summed E-state index contributed by atoms with van der Waals surface area (Å²) in [4.78, 5) is 35.8. The van der Waals surface area contributed by atoms with E-state index in [1.165, 1.54) is 6.92 Å². The predicted molar refractivity (Wildman–Crippen MR) is 117 cm³/mol. The highest BCUT2D eigenvalue weighted by Gasteiger charge is 2.33. The van der Waals surface area contributed by atoms with E-state index >= 15 is 0 Å². The van der Waals surface area contributed by atoms with Crippen molar-refractivity contribution in [2.24, 2.45) is 0 Å². The first-order valence-corrected chi connectivity index (χ1v) is 10.4. The second kappa shape index (κ2) is 9.20. The van der Waals surface area contributed by atoms with Crippen LogP contribution in [0.25, 0.3) is 11.1 Å². The Kier molecular flexibility index (Phi) is 6.63. The monoisotopic (exact) mass is 424 g/mol. The van der Waals surface area contributed by atoms with Crippen molar-refractivity contribution in [1.82, 2.24) is 10.6 Å². The lowest BCUT2D eigenvalue weighted by atomic mass is 9.98. The molecule has 7 nitrogen and oxygen atoms in total. The van der Waals surface area contributed by atoms with E-state index in [1.807, 2.05) is 36.4 Å². The van der Waals surface area contributed by atoms with Gasteiger partial charge in [0.05, 0.1) is 0 Å². The van der Waals surface area contributed by atoms with Crippen LogP contribution in [0.4, 0.5) is 4.79 Å². The van der Waals surface area contributed by atoms with Crippen molar-refractivity contribution in [3.8, 4) is 11.1 Å². The number of ether oxygens (including phenoxy) is 1.